The second-order valence-electron chi connectivity index (χ2n) is 2.23. The average molecular weight is 198 g/mol. The molecule has 0 unspecified atom stereocenters. The van der Waals surface area contributed by atoms with Gasteiger partial charge in [-0.15, -0.1) is 11.6 Å². The van der Waals surface area contributed by atoms with Crippen LogP contribution < -0.4 is 0 Å². The van der Waals surface area contributed by atoms with Gasteiger partial charge in [0.2, 0.25) is 0 Å². The Morgan fingerprint density at radius 1 is 1.50 bits per heavy atom. The van der Waals surface area contributed by atoms with Crippen LogP contribution in [0.5, 0.6) is 0 Å². The van der Waals surface area contributed by atoms with Crippen molar-refractivity contribution < 1.29 is 15.0 Å². The van der Waals surface area contributed by atoms with Crippen molar-refractivity contribution in [1.82, 2.24) is 4.90 Å². The molecule has 0 radical (unpaired) electrons. The van der Waals surface area contributed by atoms with E-state index in [-0.39, 0.29) is 6.61 Å². The topological polar surface area (TPSA) is 60.8 Å². The van der Waals surface area contributed by atoms with Gasteiger partial charge in [0.25, 0.3) is 5.97 Å². The van der Waals surface area contributed by atoms with Crippen LogP contribution in [0.15, 0.2) is 0 Å². The third kappa shape index (κ3) is 22.6. The van der Waals surface area contributed by atoms with E-state index in [2.05, 4.69) is 0 Å². The van der Waals surface area contributed by atoms with Crippen molar-refractivity contribution >= 4 is 17.6 Å². The molecule has 5 heteroatoms. The van der Waals surface area contributed by atoms with E-state index in [1.807, 2.05) is 11.9 Å². The van der Waals surface area contributed by atoms with Gasteiger partial charge in [-0.3, -0.25) is 4.79 Å². The third-order valence-electron chi connectivity index (χ3n) is 0.948. The minimum absolute atomic E-state index is 0.216. The number of likely N-dealkylation sites (N-methyl/N-ethyl adjacent to an activating group) is 1. The number of carboxylic acid groups (broad SMARTS) is 1. The number of aliphatic hydroxyl groups excluding tert-OH is 1. The summed E-state index contributed by atoms with van der Waals surface area (Å²) in [5.74, 6) is -0.198. The van der Waals surface area contributed by atoms with E-state index < -0.39 is 5.97 Å². The summed E-state index contributed by atoms with van der Waals surface area (Å²) in [6.45, 7) is 2.86. The highest BCUT2D eigenvalue weighted by Gasteiger charge is 1.91. The summed E-state index contributed by atoms with van der Waals surface area (Å²) in [5, 5.41) is 15.8. The second kappa shape index (κ2) is 10.7. The Labute approximate surface area is 77.7 Å². The van der Waals surface area contributed by atoms with Crippen molar-refractivity contribution in [2.75, 3.05) is 32.6 Å². The number of rotatable bonds is 4. The molecule has 4 nitrogen and oxygen atoms in total. The van der Waals surface area contributed by atoms with Gasteiger partial charge in [0, 0.05) is 25.9 Å². The Morgan fingerprint density at radius 2 is 1.92 bits per heavy atom. The lowest BCUT2D eigenvalue weighted by molar-refractivity contribution is -0.134. The summed E-state index contributed by atoms with van der Waals surface area (Å²) >= 11 is 5.41. The Hall–Kier alpha value is -0.320. The van der Waals surface area contributed by atoms with E-state index >= 15 is 0 Å². The minimum atomic E-state index is -0.833. The van der Waals surface area contributed by atoms with Crippen LogP contribution in [0.2, 0.25) is 0 Å². The quantitative estimate of drug-likeness (QED) is 0.634. The molecule has 74 valence electrons. The highest BCUT2D eigenvalue weighted by atomic mass is 35.5. The number of nitrogens with zero attached hydrogens (tertiary/aromatic N) is 1. The van der Waals surface area contributed by atoms with Crippen molar-refractivity contribution in [3.63, 3.8) is 0 Å². The van der Waals surface area contributed by atoms with Gasteiger partial charge < -0.3 is 15.1 Å². The summed E-state index contributed by atoms with van der Waals surface area (Å²) in [7, 11) is 1.93. The fourth-order valence-electron chi connectivity index (χ4n) is 0.427. The Bertz CT molecular complexity index is 101. The van der Waals surface area contributed by atoms with Crippen LogP contribution in [0.25, 0.3) is 0 Å². The molecular weight excluding hydrogens is 182 g/mol. The molecule has 0 aromatic carbocycles. The van der Waals surface area contributed by atoms with Crippen LogP contribution in [0.1, 0.15) is 6.92 Å². The molecular formula is C7H16ClNO3. The van der Waals surface area contributed by atoms with Gasteiger partial charge in [0.15, 0.2) is 0 Å². The lowest BCUT2D eigenvalue weighted by Gasteiger charge is -2.11. The molecule has 0 amide bonds. The fourth-order valence-corrected chi connectivity index (χ4v) is 0.715. The van der Waals surface area contributed by atoms with Gasteiger partial charge in [-0.25, -0.2) is 0 Å². The third-order valence-corrected chi connectivity index (χ3v) is 1.12. The largest absolute Gasteiger partial charge is 0.481 e. The van der Waals surface area contributed by atoms with Crippen molar-refractivity contribution in [2.45, 2.75) is 6.92 Å². The highest BCUT2D eigenvalue weighted by Crippen LogP contribution is 1.81. The van der Waals surface area contributed by atoms with Crippen LogP contribution in [-0.2, 0) is 4.79 Å². The molecule has 0 aliphatic carbocycles. The first-order valence-corrected chi connectivity index (χ1v) is 4.13. The van der Waals surface area contributed by atoms with Gasteiger partial charge in [-0.05, 0) is 7.05 Å². The van der Waals surface area contributed by atoms with E-state index in [9.17, 15) is 0 Å². The van der Waals surface area contributed by atoms with E-state index in [0.717, 1.165) is 13.5 Å². The Balaban J connectivity index is 0. The number of hydrogen-bond acceptors (Lipinski definition) is 3. The van der Waals surface area contributed by atoms with Crippen molar-refractivity contribution in [3.8, 4) is 0 Å². The van der Waals surface area contributed by atoms with Crippen molar-refractivity contribution in [1.29, 1.82) is 0 Å². The first kappa shape index (κ1) is 14.2. The number of carbonyl (C=O) groups is 1. The summed E-state index contributed by atoms with van der Waals surface area (Å²) < 4.78 is 0. The van der Waals surface area contributed by atoms with Gasteiger partial charge in [-0.2, -0.15) is 0 Å². The van der Waals surface area contributed by atoms with Crippen LogP contribution in [0.4, 0.5) is 0 Å². The van der Waals surface area contributed by atoms with Gasteiger partial charge in [-0.1, -0.05) is 0 Å². The normalized spacial score (nSPS) is 9.08. The number of halogens is 1. The number of aliphatic carboxylic acids is 1. The smallest absolute Gasteiger partial charge is 0.300 e. The predicted molar refractivity (Wildman–Crippen MR) is 48.6 cm³/mol. The highest BCUT2D eigenvalue weighted by molar-refractivity contribution is 6.18. The first-order valence-electron chi connectivity index (χ1n) is 3.59. The lowest BCUT2D eigenvalue weighted by atomic mass is 10.5. The SMILES string of the molecule is CC(=O)O.CN(CCO)CCCl. The second-order valence-corrected chi connectivity index (χ2v) is 2.61. The van der Waals surface area contributed by atoms with Crippen LogP contribution in [0, 0.1) is 0 Å². The molecule has 0 heterocycles. The van der Waals surface area contributed by atoms with Gasteiger partial charge in [0.05, 0.1) is 6.61 Å². The zero-order valence-electron chi connectivity index (χ0n) is 7.46. The summed E-state index contributed by atoms with van der Waals surface area (Å²) in [6, 6.07) is 0. The fraction of sp³-hybridized carbons (Fsp3) is 0.857. The van der Waals surface area contributed by atoms with Crippen molar-refractivity contribution in [2.24, 2.45) is 0 Å². The molecule has 0 aromatic rings. The van der Waals surface area contributed by atoms with Crippen molar-refractivity contribution in [3.05, 3.63) is 0 Å². The zero-order valence-corrected chi connectivity index (χ0v) is 8.21. The molecule has 0 spiro atoms. The van der Waals surface area contributed by atoms with Crippen LogP contribution in [0.3, 0.4) is 0 Å². The molecule has 0 atom stereocenters. The molecule has 0 aliphatic heterocycles. The Kier molecular flexibility index (Phi) is 12.7. The lowest BCUT2D eigenvalue weighted by Crippen LogP contribution is -2.23. The van der Waals surface area contributed by atoms with E-state index in [1.165, 1.54) is 0 Å². The van der Waals surface area contributed by atoms with E-state index in [4.69, 9.17) is 26.6 Å². The minimum Gasteiger partial charge on any atom is -0.481 e. The number of hydrogen-bond donors (Lipinski definition) is 2. The summed E-state index contributed by atoms with van der Waals surface area (Å²) in [6.07, 6.45) is 0. The van der Waals surface area contributed by atoms with Gasteiger partial charge >= 0.3 is 0 Å². The standard InChI is InChI=1S/C5H12ClNO.C2H4O2/c1-7(3-2-6)4-5-8;1-2(3)4/h8H,2-5H2,1H3;1H3,(H,3,4). The number of alkyl halides is 1. The Morgan fingerprint density at radius 3 is 2.17 bits per heavy atom. The van der Waals surface area contributed by atoms with Crippen LogP contribution in [-0.4, -0.2) is 53.7 Å². The molecule has 0 fully saturated rings. The van der Waals surface area contributed by atoms with E-state index in [0.29, 0.717) is 12.4 Å². The molecule has 2 N–H and O–H groups in total. The maximum Gasteiger partial charge on any atom is 0.300 e. The van der Waals surface area contributed by atoms with E-state index in [1.54, 1.807) is 0 Å². The first-order chi connectivity index (χ1) is 5.54. The molecule has 0 saturated carbocycles. The summed E-state index contributed by atoms with van der Waals surface area (Å²) in [4.78, 5) is 11.0. The van der Waals surface area contributed by atoms with Gasteiger partial charge in [0.1, 0.15) is 0 Å². The molecule has 0 aromatic heterocycles. The molecule has 12 heavy (non-hydrogen) atoms. The predicted octanol–water partition coefficient (Wildman–Crippen LogP) is 0.240. The summed E-state index contributed by atoms with van der Waals surface area (Å²) in [5.41, 5.74) is 0. The zero-order chi connectivity index (χ0) is 9.98. The number of carboxylic acids is 1. The molecule has 0 saturated heterocycles. The maximum absolute atomic E-state index is 9.00. The van der Waals surface area contributed by atoms with Crippen LogP contribution >= 0.6 is 11.6 Å². The maximum atomic E-state index is 9.00. The molecule has 0 bridgehead atoms. The average Bonchev–Trinajstić information content (AvgIpc) is 1.87. The number of aliphatic hydroxyl groups is 1. The molecule has 0 rings (SSSR count). The monoisotopic (exact) mass is 197 g/mol. The molecule has 0 aliphatic rings.